The second-order valence-electron chi connectivity index (χ2n) is 3.15. The van der Waals surface area contributed by atoms with Gasteiger partial charge in [-0.15, -0.1) is 0 Å². The van der Waals surface area contributed by atoms with Gasteiger partial charge in [-0.2, -0.15) is 0 Å². The van der Waals surface area contributed by atoms with Gasteiger partial charge < -0.3 is 0 Å². The first-order chi connectivity index (χ1) is 5.92. The van der Waals surface area contributed by atoms with Crippen LogP contribution in [0.4, 0.5) is 0 Å². The van der Waals surface area contributed by atoms with E-state index in [1.165, 1.54) is 17.7 Å². The van der Waals surface area contributed by atoms with E-state index in [-0.39, 0.29) is 0 Å². The topological polar surface area (TPSA) is 50.9 Å². The highest BCUT2D eigenvalue weighted by molar-refractivity contribution is 5.25. The first-order valence-corrected chi connectivity index (χ1v) is 4.31. The third kappa shape index (κ3) is 1.21. The number of nitrogens with zero attached hydrogens (tertiary/aromatic N) is 1. The standard InChI is InChI=1S/C9H13N3/c10-12-9-5-1-4-8-7(9)3-2-6-11-8/h2-3,6,9,12H,1,4-5,10H2/t9-/m0/s1. The SMILES string of the molecule is NN[C@H]1CCCc2ncccc21. The van der Waals surface area contributed by atoms with Gasteiger partial charge >= 0.3 is 0 Å². The fraction of sp³-hybridized carbons (Fsp3) is 0.444. The van der Waals surface area contributed by atoms with Crippen molar-refractivity contribution in [3.8, 4) is 0 Å². The third-order valence-electron chi connectivity index (χ3n) is 2.41. The molecule has 3 N–H and O–H groups in total. The Labute approximate surface area is 72.0 Å². The number of aromatic nitrogens is 1. The van der Waals surface area contributed by atoms with Crippen LogP contribution < -0.4 is 11.3 Å². The number of rotatable bonds is 1. The van der Waals surface area contributed by atoms with Crippen LogP contribution in [0.2, 0.25) is 0 Å². The van der Waals surface area contributed by atoms with Crippen LogP contribution in [0.5, 0.6) is 0 Å². The predicted molar refractivity (Wildman–Crippen MR) is 47.2 cm³/mol. The molecule has 64 valence electrons. The third-order valence-corrected chi connectivity index (χ3v) is 2.41. The van der Waals surface area contributed by atoms with Crippen molar-refractivity contribution in [2.75, 3.05) is 0 Å². The van der Waals surface area contributed by atoms with Gasteiger partial charge in [-0.05, 0) is 30.9 Å². The second kappa shape index (κ2) is 3.21. The van der Waals surface area contributed by atoms with E-state index < -0.39 is 0 Å². The van der Waals surface area contributed by atoms with Crippen molar-refractivity contribution in [3.63, 3.8) is 0 Å². The molecular formula is C9H13N3. The van der Waals surface area contributed by atoms with Gasteiger partial charge in [0.15, 0.2) is 0 Å². The quantitative estimate of drug-likeness (QED) is 0.478. The Morgan fingerprint density at radius 2 is 2.50 bits per heavy atom. The largest absolute Gasteiger partial charge is 0.271 e. The zero-order valence-corrected chi connectivity index (χ0v) is 6.96. The Morgan fingerprint density at radius 3 is 3.33 bits per heavy atom. The molecular weight excluding hydrogens is 150 g/mol. The summed E-state index contributed by atoms with van der Waals surface area (Å²) in [7, 11) is 0. The molecule has 0 radical (unpaired) electrons. The summed E-state index contributed by atoms with van der Waals surface area (Å²) in [6, 6.07) is 4.38. The van der Waals surface area contributed by atoms with Crippen LogP contribution in [0, 0.1) is 0 Å². The highest BCUT2D eigenvalue weighted by Crippen LogP contribution is 2.26. The molecule has 2 rings (SSSR count). The van der Waals surface area contributed by atoms with E-state index in [9.17, 15) is 0 Å². The molecule has 0 aliphatic heterocycles. The molecule has 1 aliphatic carbocycles. The maximum Gasteiger partial charge on any atom is 0.0478 e. The minimum absolute atomic E-state index is 0.308. The Kier molecular flexibility index (Phi) is 2.06. The van der Waals surface area contributed by atoms with Crippen LogP contribution in [0.15, 0.2) is 18.3 Å². The van der Waals surface area contributed by atoms with Gasteiger partial charge in [0.2, 0.25) is 0 Å². The second-order valence-corrected chi connectivity index (χ2v) is 3.15. The number of pyridine rings is 1. The summed E-state index contributed by atoms with van der Waals surface area (Å²) < 4.78 is 0. The average molecular weight is 163 g/mol. The average Bonchev–Trinajstić information content (AvgIpc) is 2.17. The maximum absolute atomic E-state index is 5.44. The van der Waals surface area contributed by atoms with Crippen molar-refractivity contribution in [2.24, 2.45) is 5.84 Å². The van der Waals surface area contributed by atoms with Crippen molar-refractivity contribution in [1.82, 2.24) is 10.4 Å². The summed E-state index contributed by atoms with van der Waals surface area (Å²) >= 11 is 0. The number of nitrogens with one attached hydrogen (secondary N) is 1. The number of nitrogens with two attached hydrogens (primary N) is 1. The van der Waals surface area contributed by atoms with Crippen molar-refractivity contribution in [2.45, 2.75) is 25.3 Å². The van der Waals surface area contributed by atoms with Gasteiger partial charge in [0.1, 0.15) is 0 Å². The van der Waals surface area contributed by atoms with Gasteiger partial charge in [0.05, 0.1) is 0 Å². The van der Waals surface area contributed by atoms with Crippen LogP contribution in [-0.2, 0) is 6.42 Å². The number of hydrogen-bond donors (Lipinski definition) is 2. The van der Waals surface area contributed by atoms with E-state index in [4.69, 9.17) is 5.84 Å². The highest BCUT2D eigenvalue weighted by atomic mass is 15.2. The molecule has 1 aromatic heterocycles. The Morgan fingerprint density at radius 1 is 1.58 bits per heavy atom. The van der Waals surface area contributed by atoms with Crippen molar-refractivity contribution in [1.29, 1.82) is 0 Å². The molecule has 1 heterocycles. The summed E-state index contributed by atoms with van der Waals surface area (Å²) in [5.74, 6) is 5.44. The maximum atomic E-state index is 5.44. The van der Waals surface area contributed by atoms with E-state index in [0.29, 0.717) is 6.04 Å². The molecule has 1 aliphatic rings. The van der Waals surface area contributed by atoms with Gasteiger partial charge in [-0.3, -0.25) is 16.3 Å². The van der Waals surface area contributed by atoms with Crippen molar-refractivity contribution < 1.29 is 0 Å². The molecule has 12 heavy (non-hydrogen) atoms. The van der Waals surface area contributed by atoms with E-state index in [1.807, 2.05) is 12.3 Å². The predicted octanol–water partition coefficient (Wildman–Crippen LogP) is 0.922. The fourth-order valence-corrected chi connectivity index (χ4v) is 1.78. The Bertz CT molecular complexity index is 272. The summed E-state index contributed by atoms with van der Waals surface area (Å²) in [4.78, 5) is 4.32. The minimum Gasteiger partial charge on any atom is -0.271 e. The molecule has 0 aromatic carbocycles. The van der Waals surface area contributed by atoms with E-state index in [0.717, 1.165) is 12.8 Å². The zero-order chi connectivity index (χ0) is 8.39. The van der Waals surface area contributed by atoms with Gasteiger partial charge in [-0.25, -0.2) is 0 Å². The molecule has 3 heteroatoms. The Hall–Kier alpha value is -0.930. The molecule has 3 nitrogen and oxygen atoms in total. The smallest absolute Gasteiger partial charge is 0.0478 e. The molecule has 0 bridgehead atoms. The normalized spacial score (nSPS) is 21.9. The lowest BCUT2D eigenvalue weighted by molar-refractivity contribution is 0.466. The number of aryl methyl sites for hydroxylation is 1. The molecule has 0 saturated carbocycles. The van der Waals surface area contributed by atoms with Crippen LogP contribution in [-0.4, -0.2) is 4.98 Å². The molecule has 1 atom stereocenters. The summed E-state index contributed by atoms with van der Waals surface area (Å²) in [6.07, 6.45) is 5.24. The van der Waals surface area contributed by atoms with Crippen LogP contribution in [0.3, 0.4) is 0 Å². The van der Waals surface area contributed by atoms with Gasteiger partial charge in [-0.1, -0.05) is 6.07 Å². The molecule has 1 aromatic rings. The van der Waals surface area contributed by atoms with Gasteiger partial charge in [0.25, 0.3) is 0 Å². The highest BCUT2D eigenvalue weighted by Gasteiger charge is 2.18. The number of fused-ring (bicyclic) bond motifs is 1. The lowest BCUT2D eigenvalue weighted by Gasteiger charge is -2.23. The molecule has 0 saturated heterocycles. The molecule has 0 amide bonds. The van der Waals surface area contributed by atoms with Crippen molar-refractivity contribution >= 4 is 0 Å². The first-order valence-electron chi connectivity index (χ1n) is 4.31. The lowest BCUT2D eigenvalue weighted by Crippen LogP contribution is -2.30. The molecule has 0 fully saturated rings. The van der Waals surface area contributed by atoms with E-state index >= 15 is 0 Å². The lowest BCUT2D eigenvalue weighted by atomic mass is 9.92. The van der Waals surface area contributed by atoms with Crippen LogP contribution in [0.25, 0.3) is 0 Å². The minimum atomic E-state index is 0.308. The molecule has 0 spiro atoms. The van der Waals surface area contributed by atoms with E-state index in [2.05, 4.69) is 16.5 Å². The number of hydrazine groups is 1. The number of hydrogen-bond acceptors (Lipinski definition) is 3. The summed E-state index contributed by atoms with van der Waals surface area (Å²) in [5, 5.41) is 0. The Balaban J connectivity index is 2.37. The van der Waals surface area contributed by atoms with Crippen LogP contribution in [0.1, 0.15) is 30.1 Å². The van der Waals surface area contributed by atoms with Crippen molar-refractivity contribution in [3.05, 3.63) is 29.6 Å². The monoisotopic (exact) mass is 163 g/mol. The molecule has 0 unspecified atom stereocenters. The van der Waals surface area contributed by atoms with Gasteiger partial charge in [0, 0.05) is 17.9 Å². The summed E-state index contributed by atoms with van der Waals surface area (Å²) in [5.41, 5.74) is 5.29. The first kappa shape index (κ1) is 7.71. The summed E-state index contributed by atoms with van der Waals surface area (Å²) in [6.45, 7) is 0. The van der Waals surface area contributed by atoms with Crippen LogP contribution >= 0.6 is 0 Å². The zero-order valence-electron chi connectivity index (χ0n) is 6.96. The van der Waals surface area contributed by atoms with E-state index in [1.54, 1.807) is 0 Å². The fourth-order valence-electron chi connectivity index (χ4n) is 1.78.